The van der Waals surface area contributed by atoms with Gasteiger partial charge in [-0.1, -0.05) is 30.3 Å². The maximum Gasteiger partial charge on any atom is 0.237 e. The molecule has 0 spiro atoms. The fourth-order valence-electron chi connectivity index (χ4n) is 2.08. The van der Waals surface area contributed by atoms with Crippen LogP contribution in [0.5, 0.6) is 0 Å². The molecule has 0 heterocycles. The van der Waals surface area contributed by atoms with E-state index in [2.05, 4.69) is 38.2 Å². The number of benzene rings is 1. The number of carbonyl (C=O) groups excluding carboxylic acids is 1. The van der Waals surface area contributed by atoms with Gasteiger partial charge in [0.2, 0.25) is 5.91 Å². The summed E-state index contributed by atoms with van der Waals surface area (Å²) in [6.07, 6.45) is 2.42. The predicted molar refractivity (Wildman–Crippen MR) is 77.8 cm³/mol. The number of nitrogens with one attached hydrogen (secondary N) is 1. The molecule has 0 radical (unpaired) electrons. The van der Waals surface area contributed by atoms with E-state index in [1.165, 1.54) is 18.4 Å². The average Bonchev–Trinajstić information content (AvgIpc) is 3.17. The highest BCUT2D eigenvalue weighted by molar-refractivity contribution is 5.79. The molecule has 2 rings (SSSR count). The van der Waals surface area contributed by atoms with E-state index >= 15 is 0 Å². The lowest BCUT2D eigenvalue weighted by atomic mass is 10.0. The highest BCUT2D eigenvalue weighted by atomic mass is 16.2. The van der Waals surface area contributed by atoms with Crippen LogP contribution in [-0.4, -0.2) is 28.9 Å². The second kappa shape index (κ2) is 5.74. The Kier molecular flexibility index (Phi) is 4.25. The molecule has 19 heavy (non-hydrogen) atoms. The third-order valence-electron chi connectivity index (χ3n) is 3.41. The van der Waals surface area contributed by atoms with Gasteiger partial charge < -0.3 is 10.2 Å². The van der Waals surface area contributed by atoms with Crippen LogP contribution in [0.25, 0.3) is 0 Å². The molecular formula is C16H24N2O. The summed E-state index contributed by atoms with van der Waals surface area (Å²) in [5.41, 5.74) is 1.02. The van der Waals surface area contributed by atoms with Gasteiger partial charge in [0, 0.05) is 18.1 Å². The Morgan fingerprint density at radius 3 is 2.42 bits per heavy atom. The molecule has 1 N–H and O–H groups in total. The molecule has 1 aliphatic carbocycles. The molecule has 1 aliphatic rings. The summed E-state index contributed by atoms with van der Waals surface area (Å²) in [5.74, 6) is 0.184. The van der Waals surface area contributed by atoms with Gasteiger partial charge >= 0.3 is 0 Å². The molecule has 0 bridgehead atoms. The van der Waals surface area contributed by atoms with E-state index in [0.717, 1.165) is 0 Å². The van der Waals surface area contributed by atoms with Crippen LogP contribution in [0.15, 0.2) is 30.3 Å². The Balaban J connectivity index is 2.00. The van der Waals surface area contributed by atoms with Crippen molar-refractivity contribution in [3.8, 4) is 0 Å². The molecule has 0 atom stereocenters. The normalized spacial score (nSPS) is 15.3. The monoisotopic (exact) mass is 260 g/mol. The Labute approximate surface area is 116 Å². The molecule has 1 amide bonds. The van der Waals surface area contributed by atoms with Crippen molar-refractivity contribution >= 4 is 5.91 Å². The standard InChI is InChI=1S/C16H24N2O/c1-16(2,3)18(12-13-7-5-4-6-8-13)15(19)11-17-14-9-10-14/h4-8,14,17H,9-12H2,1-3H3. The lowest BCUT2D eigenvalue weighted by molar-refractivity contribution is -0.135. The van der Waals surface area contributed by atoms with Crippen molar-refractivity contribution in [2.75, 3.05) is 6.54 Å². The SMILES string of the molecule is CC(C)(C)N(Cc1ccccc1)C(=O)CNC1CC1. The van der Waals surface area contributed by atoms with Crippen molar-refractivity contribution < 1.29 is 4.79 Å². The van der Waals surface area contributed by atoms with E-state index in [0.29, 0.717) is 19.1 Å². The number of rotatable bonds is 5. The van der Waals surface area contributed by atoms with Gasteiger partial charge in [-0.25, -0.2) is 0 Å². The molecular weight excluding hydrogens is 236 g/mol. The minimum Gasteiger partial charge on any atom is -0.332 e. The fraction of sp³-hybridized carbons (Fsp3) is 0.562. The highest BCUT2D eigenvalue weighted by Gasteiger charge is 2.28. The second-order valence-corrected chi connectivity index (χ2v) is 6.29. The van der Waals surface area contributed by atoms with Gasteiger partial charge in [0.05, 0.1) is 6.54 Å². The Morgan fingerprint density at radius 2 is 1.89 bits per heavy atom. The average molecular weight is 260 g/mol. The summed E-state index contributed by atoms with van der Waals surface area (Å²) in [6.45, 7) is 7.39. The van der Waals surface area contributed by atoms with E-state index in [4.69, 9.17) is 0 Å². The quantitative estimate of drug-likeness (QED) is 0.882. The number of hydrogen-bond donors (Lipinski definition) is 1. The van der Waals surface area contributed by atoms with E-state index in [1.54, 1.807) is 0 Å². The molecule has 1 aromatic carbocycles. The van der Waals surface area contributed by atoms with Gasteiger partial charge in [-0.05, 0) is 39.2 Å². The van der Waals surface area contributed by atoms with Crippen molar-refractivity contribution in [3.05, 3.63) is 35.9 Å². The summed E-state index contributed by atoms with van der Waals surface area (Å²) in [7, 11) is 0. The van der Waals surface area contributed by atoms with Crippen LogP contribution in [0.3, 0.4) is 0 Å². The Hall–Kier alpha value is -1.35. The second-order valence-electron chi connectivity index (χ2n) is 6.29. The Morgan fingerprint density at radius 1 is 1.26 bits per heavy atom. The summed E-state index contributed by atoms with van der Waals surface area (Å²) in [4.78, 5) is 14.3. The van der Waals surface area contributed by atoms with Crippen molar-refractivity contribution in [3.63, 3.8) is 0 Å². The lowest BCUT2D eigenvalue weighted by Crippen LogP contribution is -2.48. The third-order valence-corrected chi connectivity index (χ3v) is 3.41. The first kappa shape index (κ1) is 14.1. The van der Waals surface area contributed by atoms with Gasteiger partial charge in [0.15, 0.2) is 0 Å². The number of carbonyl (C=O) groups is 1. The molecule has 3 nitrogen and oxygen atoms in total. The van der Waals surface area contributed by atoms with Crippen LogP contribution in [0, 0.1) is 0 Å². The molecule has 3 heteroatoms. The zero-order valence-electron chi connectivity index (χ0n) is 12.1. The number of amides is 1. The van der Waals surface area contributed by atoms with Crippen molar-refractivity contribution in [2.45, 2.75) is 51.7 Å². The smallest absolute Gasteiger partial charge is 0.237 e. The first-order chi connectivity index (χ1) is 8.97. The van der Waals surface area contributed by atoms with Crippen molar-refractivity contribution in [1.29, 1.82) is 0 Å². The van der Waals surface area contributed by atoms with Crippen LogP contribution >= 0.6 is 0 Å². The van der Waals surface area contributed by atoms with Crippen LogP contribution in [-0.2, 0) is 11.3 Å². The zero-order valence-corrected chi connectivity index (χ0v) is 12.1. The van der Waals surface area contributed by atoms with Gasteiger partial charge in [0.1, 0.15) is 0 Å². The third kappa shape index (κ3) is 4.35. The van der Waals surface area contributed by atoms with E-state index in [9.17, 15) is 4.79 Å². The van der Waals surface area contributed by atoms with Crippen LogP contribution in [0.1, 0.15) is 39.2 Å². The summed E-state index contributed by atoms with van der Waals surface area (Å²) in [5, 5.41) is 3.30. The minimum absolute atomic E-state index is 0.155. The number of hydrogen-bond acceptors (Lipinski definition) is 2. The van der Waals surface area contributed by atoms with Crippen LogP contribution in [0.4, 0.5) is 0 Å². The largest absolute Gasteiger partial charge is 0.332 e. The zero-order chi connectivity index (χ0) is 13.9. The maximum absolute atomic E-state index is 12.4. The van der Waals surface area contributed by atoms with Crippen molar-refractivity contribution in [1.82, 2.24) is 10.2 Å². The molecule has 0 aliphatic heterocycles. The van der Waals surface area contributed by atoms with Crippen LogP contribution in [0.2, 0.25) is 0 Å². The van der Waals surface area contributed by atoms with Crippen molar-refractivity contribution in [2.24, 2.45) is 0 Å². The van der Waals surface area contributed by atoms with Gasteiger partial charge in [-0.2, -0.15) is 0 Å². The molecule has 1 fully saturated rings. The van der Waals surface area contributed by atoms with E-state index in [1.807, 2.05) is 23.1 Å². The van der Waals surface area contributed by atoms with Gasteiger partial charge in [0.25, 0.3) is 0 Å². The molecule has 0 aromatic heterocycles. The molecule has 0 unspecified atom stereocenters. The maximum atomic E-state index is 12.4. The van der Waals surface area contributed by atoms with E-state index in [-0.39, 0.29) is 11.4 Å². The topological polar surface area (TPSA) is 32.3 Å². The first-order valence-corrected chi connectivity index (χ1v) is 7.04. The minimum atomic E-state index is -0.155. The van der Waals surface area contributed by atoms with Gasteiger partial charge in [-0.15, -0.1) is 0 Å². The van der Waals surface area contributed by atoms with Crippen LogP contribution < -0.4 is 5.32 Å². The highest BCUT2D eigenvalue weighted by Crippen LogP contribution is 2.20. The summed E-state index contributed by atoms with van der Waals surface area (Å²) >= 11 is 0. The molecule has 1 saturated carbocycles. The first-order valence-electron chi connectivity index (χ1n) is 7.04. The summed E-state index contributed by atoms with van der Waals surface area (Å²) in [6, 6.07) is 10.7. The lowest BCUT2D eigenvalue weighted by Gasteiger charge is -2.36. The van der Waals surface area contributed by atoms with Gasteiger partial charge in [-0.3, -0.25) is 4.79 Å². The molecule has 0 saturated heterocycles. The Bertz CT molecular complexity index is 418. The number of nitrogens with zero attached hydrogens (tertiary/aromatic N) is 1. The fourth-order valence-corrected chi connectivity index (χ4v) is 2.08. The predicted octanol–water partition coefficient (Wildman–Crippen LogP) is 2.57. The van der Waals surface area contributed by atoms with E-state index < -0.39 is 0 Å². The molecule has 1 aromatic rings. The molecule has 104 valence electrons. The summed E-state index contributed by atoms with van der Waals surface area (Å²) < 4.78 is 0.